The van der Waals surface area contributed by atoms with Crippen molar-refractivity contribution in [1.82, 2.24) is 10.2 Å². The Labute approximate surface area is 182 Å². The lowest BCUT2D eigenvalue weighted by molar-refractivity contribution is -0.150. The molecule has 1 heterocycles. The summed E-state index contributed by atoms with van der Waals surface area (Å²) in [4.78, 5) is 27.3. The van der Waals surface area contributed by atoms with Crippen molar-refractivity contribution in [2.45, 2.75) is 37.4 Å². The lowest BCUT2D eigenvalue weighted by atomic mass is 9.98. The lowest BCUT2D eigenvalue weighted by Crippen LogP contribution is -2.51. The topological polar surface area (TPSA) is 67.9 Å². The molecule has 160 valence electrons. The van der Waals surface area contributed by atoms with E-state index in [1.165, 1.54) is 0 Å². The Morgan fingerprint density at radius 2 is 1.83 bits per heavy atom. The van der Waals surface area contributed by atoms with Crippen molar-refractivity contribution in [3.05, 3.63) is 65.7 Å². The zero-order valence-electron chi connectivity index (χ0n) is 17.2. The van der Waals surface area contributed by atoms with E-state index < -0.39 is 23.4 Å². The highest BCUT2D eigenvalue weighted by molar-refractivity contribution is 6.23. The molecule has 0 spiro atoms. The molecule has 0 saturated carbocycles. The van der Waals surface area contributed by atoms with Crippen LogP contribution in [0.1, 0.15) is 18.1 Å². The molecule has 1 aliphatic rings. The SMILES string of the molecule is CCOC(=O)[C@H]1C(Cl)[C@H](Cc2ccccc2)NC(=O)CN1Cc1ccc(OC)cc1. The van der Waals surface area contributed by atoms with Gasteiger partial charge in [-0.25, -0.2) is 0 Å². The molecule has 6 nitrogen and oxygen atoms in total. The first kappa shape index (κ1) is 22.1. The van der Waals surface area contributed by atoms with Crippen molar-refractivity contribution in [3.8, 4) is 5.75 Å². The molecular formula is C23H27ClN2O4. The number of amides is 1. The highest BCUT2D eigenvalue weighted by atomic mass is 35.5. The molecule has 3 rings (SSSR count). The lowest BCUT2D eigenvalue weighted by Gasteiger charge is -2.32. The standard InChI is InChI=1S/C23H27ClN2O4/c1-3-30-23(28)22-21(24)19(13-16-7-5-4-6-8-16)25-20(27)15-26(22)14-17-9-11-18(29-2)12-10-17/h4-12,19,21-22H,3,13-15H2,1-2H3,(H,25,27)/t19-,21?,22+/m0/s1. The fourth-order valence-corrected chi connectivity index (χ4v) is 4.11. The summed E-state index contributed by atoms with van der Waals surface area (Å²) in [5, 5.41) is 2.35. The van der Waals surface area contributed by atoms with Gasteiger partial charge in [0.1, 0.15) is 11.8 Å². The second-order valence-corrected chi connectivity index (χ2v) is 7.76. The van der Waals surface area contributed by atoms with Gasteiger partial charge in [0, 0.05) is 6.54 Å². The van der Waals surface area contributed by atoms with E-state index in [1.54, 1.807) is 18.9 Å². The third kappa shape index (κ3) is 5.52. The Morgan fingerprint density at radius 1 is 1.13 bits per heavy atom. The van der Waals surface area contributed by atoms with Gasteiger partial charge in [-0.05, 0) is 36.6 Å². The molecule has 1 unspecified atom stereocenters. The van der Waals surface area contributed by atoms with E-state index in [-0.39, 0.29) is 19.1 Å². The number of rotatable bonds is 7. The summed E-state index contributed by atoms with van der Waals surface area (Å²) in [6.07, 6.45) is 0.535. The molecule has 0 aromatic heterocycles. The maximum atomic E-state index is 12.9. The van der Waals surface area contributed by atoms with Crippen LogP contribution in [0, 0.1) is 0 Å². The van der Waals surface area contributed by atoms with Gasteiger partial charge in [-0.1, -0.05) is 42.5 Å². The molecule has 1 fully saturated rings. The number of ether oxygens (including phenoxy) is 2. The molecule has 1 N–H and O–H groups in total. The minimum absolute atomic E-state index is 0.0595. The predicted molar refractivity (Wildman–Crippen MR) is 116 cm³/mol. The highest BCUT2D eigenvalue weighted by Gasteiger charge is 2.42. The van der Waals surface area contributed by atoms with E-state index in [0.29, 0.717) is 13.0 Å². The van der Waals surface area contributed by atoms with Crippen molar-refractivity contribution in [2.24, 2.45) is 0 Å². The molecule has 1 amide bonds. The van der Waals surface area contributed by atoms with Crippen LogP contribution in [-0.2, 0) is 27.3 Å². The molecule has 3 atom stereocenters. The largest absolute Gasteiger partial charge is 0.497 e. The predicted octanol–water partition coefficient (Wildman–Crippen LogP) is 2.78. The van der Waals surface area contributed by atoms with Crippen LogP contribution in [0.15, 0.2) is 54.6 Å². The first-order valence-electron chi connectivity index (χ1n) is 10.0. The number of carbonyl (C=O) groups excluding carboxylic acids is 2. The number of benzene rings is 2. The van der Waals surface area contributed by atoms with Crippen LogP contribution in [-0.4, -0.2) is 54.5 Å². The molecule has 7 heteroatoms. The number of halogens is 1. The van der Waals surface area contributed by atoms with Gasteiger partial charge in [-0.2, -0.15) is 0 Å². The third-order valence-corrected chi connectivity index (χ3v) is 5.69. The minimum atomic E-state index is -0.749. The van der Waals surface area contributed by atoms with Crippen molar-refractivity contribution in [1.29, 1.82) is 0 Å². The second kappa shape index (κ2) is 10.5. The number of methoxy groups -OCH3 is 1. The number of carbonyl (C=O) groups is 2. The molecule has 0 bridgehead atoms. The summed E-state index contributed by atoms with van der Waals surface area (Å²) >= 11 is 6.83. The molecule has 2 aromatic rings. The summed E-state index contributed by atoms with van der Waals surface area (Å²) in [5.74, 6) is 0.162. The molecule has 0 radical (unpaired) electrons. The van der Waals surface area contributed by atoms with Gasteiger partial charge in [0.15, 0.2) is 0 Å². The number of nitrogens with one attached hydrogen (secondary N) is 1. The smallest absolute Gasteiger partial charge is 0.325 e. The van der Waals surface area contributed by atoms with Gasteiger partial charge < -0.3 is 14.8 Å². The average Bonchev–Trinajstić information content (AvgIpc) is 2.85. The van der Waals surface area contributed by atoms with Crippen molar-refractivity contribution in [2.75, 3.05) is 20.3 Å². The highest BCUT2D eigenvalue weighted by Crippen LogP contribution is 2.24. The molecule has 2 aromatic carbocycles. The molecule has 1 saturated heterocycles. The molecular weight excluding hydrogens is 404 g/mol. The normalized spacial score (nSPS) is 22.1. The number of hydrogen-bond donors (Lipinski definition) is 1. The Kier molecular flexibility index (Phi) is 7.71. The number of nitrogens with zero attached hydrogens (tertiary/aromatic N) is 1. The quantitative estimate of drug-likeness (QED) is 0.540. The second-order valence-electron chi connectivity index (χ2n) is 7.26. The van der Waals surface area contributed by atoms with Gasteiger partial charge in [0.2, 0.25) is 5.91 Å². The van der Waals surface area contributed by atoms with Crippen LogP contribution in [0.2, 0.25) is 0 Å². The van der Waals surface area contributed by atoms with Gasteiger partial charge in [-0.3, -0.25) is 14.5 Å². The zero-order chi connectivity index (χ0) is 21.5. The Morgan fingerprint density at radius 3 is 2.47 bits per heavy atom. The first-order chi connectivity index (χ1) is 14.5. The van der Waals surface area contributed by atoms with Gasteiger partial charge in [0.25, 0.3) is 0 Å². The molecule has 1 aliphatic heterocycles. The summed E-state index contributed by atoms with van der Waals surface area (Å²) in [7, 11) is 1.61. The van der Waals surface area contributed by atoms with Crippen LogP contribution in [0.25, 0.3) is 0 Å². The maximum Gasteiger partial charge on any atom is 0.325 e. The Hall–Kier alpha value is -2.57. The first-order valence-corrected chi connectivity index (χ1v) is 10.5. The van der Waals surface area contributed by atoms with Crippen LogP contribution >= 0.6 is 11.6 Å². The van der Waals surface area contributed by atoms with E-state index in [1.807, 2.05) is 54.6 Å². The average molecular weight is 431 g/mol. The fraction of sp³-hybridized carbons (Fsp3) is 0.391. The van der Waals surface area contributed by atoms with Crippen LogP contribution < -0.4 is 10.1 Å². The van der Waals surface area contributed by atoms with Gasteiger partial charge in [-0.15, -0.1) is 11.6 Å². The van der Waals surface area contributed by atoms with E-state index >= 15 is 0 Å². The fourth-order valence-electron chi connectivity index (χ4n) is 3.69. The number of alkyl halides is 1. The third-order valence-electron chi connectivity index (χ3n) is 5.14. The summed E-state index contributed by atoms with van der Waals surface area (Å²) < 4.78 is 10.5. The summed E-state index contributed by atoms with van der Waals surface area (Å²) in [6, 6.07) is 16.2. The van der Waals surface area contributed by atoms with Gasteiger partial charge >= 0.3 is 5.97 Å². The number of esters is 1. The monoisotopic (exact) mass is 430 g/mol. The summed E-state index contributed by atoms with van der Waals surface area (Å²) in [5.41, 5.74) is 1.99. The van der Waals surface area contributed by atoms with E-state index in [2.05, 4.69) is 5.32 Å². The molecule has 30 heavy (non-hydrogen) atoms. The van der Waals surface area contributed by atoms with E-state index in [9.17, 15) is 9.59 Å². The minimum Gasteiger partial charge on any atom is -0.497 e. The van der Waals surface area contributed by atoms with Crippen molar-refractivity contribution < 1.29 is 19.1 Å². The zero-order valence-corrected chi connectivity index (χ0v) is 18.0. The van der Waals surface area contributed by atoms with E-state index in [0.717, 1.165) is 16.9 Å². The number of hydrogen-bond acceptors (Lipinski definition) is 5. The van der Waals surface area contributed by atoms with Crippen LogP contribution in [0.3, 0.4) is 0 Å². The Bertz CT molecular complexity index is 844. The van der Waals surface area contributed by atoms with E-state index in [4.69, 9.17) is 21.1 Å². The maximum absolute atomic E-state index is 12.9. The summed E-state index contributed by atoms with van der Waals surface area (Å²) in [6.45, 7) is 2.46. The van der Waals surface area contributed by atoms with Gasteiger partial charge in [0.05, 0.1) is 31.7 Å². The Balaban J connectivity index is 1.86. The van der Waals surface area contributed by atoms with Crippen molar-refractivity contribution in [3.63, 3.8) is 0 Å². The van der Waals surface area contributed by atoms with Crippen LogP contribution in [0.4, 0.5) is 0 Å². The van der Waals surface area contributed by atoms with Crippen molar-refractivity contribution >= 4 is 23.5 Å². The molecule has 0 aliphatic carbocycles. The van der Waals surface area contributed by atoms with Crippen LogP contribution in [0.5, 0.6) is 5.75 Å².